The standard InChI is InChI=1S/C9H11NO5.C2H6/c1-6(11)2-5-9(14)15-10-7(12)3-4-8(10)13;1-2/h2-5H2,1H3;1-2H3. The van der Waals surface area contributed by atoms with Crippen molar-refractivity contribution < 1.29 is 24.0 Å². The lowest BCUT2D eigenvalue weighted by Gasteiger charge is -2.11. The van der Waals surface area contributed by atoms with Gasteiger partial charge in [0.25, 0.3) is 11.8 Å². The smallest absolute Gasteiger partial charge is 0.330 e. The van der Waals surface area contributed by atoms with Crippen molar-refractivity contribution in [1.82, 2.24) is 5.06 Å². The molecule has 0 atom stereocenters. The van der Waals surface area contributed by atoms with Crippen molar-refractivity contribution in [2.24, 2.45) is 0 Å². The van der Waals surface area contributed by atoms with Crippen LogP contribution in [0, 0.1) is 0 Å². The Bertz CT molecular complexity index is 308. The Morgan fingerprint density at radius 2 is 1.59 bits per heavy atom. The summed E-state index contributed by atoms with van der Waals surface area (Å²) in [5.74, 6) is -1.92. The molecule has 1 rings (SSSR count). The van der Waals surface area contributed by atoms with Crippen LogP contribution in [0.1, 0.15) is 46.5 Å². The van der Waals surface area contributed by atoms with E-state index in [9.17, 15) is 19.2 Å². The van der Waals surface area contributed by atoms with E-state index in [1.807, 2.05) is 13.8 Å². The maximum absolute atomic E-state index is 11.1. The van der Waals surface area contributed by atoms with Gasteiger partial charge in [0, 0.05) is 19.3 Å². The Morgan fingerprint density at radius 1 is 1.12 bits per heavy atom. The number of carbonyl (C=O) groups is 4. The van der Waals surface area contributed by atoms with Crippen LogP contribution < -0.4 is 0 Å². The van der Waals surface area contributed by atoms with Crippen LogP contribution in [0.15, 0.2) is 0 Å². The highest BCUT2D eigenvalue weighted by atomic mass is 16.7. The molecule has 0 bridgehead atoms. The molecule has 0 unspecified atom stereocenters. The Labute approximate surface area is 99.9 Å². The zero-order chi connectivity index (χ0) is 13.4. The summed E-state index contributed by atoms with van der Waals surface area (Å²) < 4.78 is 0. The topological polar surface area (TPSA) is 80.8 Å². The van der Waals surface area contributed by atoms with Crippen LogP contribution in [0.4, 0.5) is 0 Å². The Balaban J connectivity index is 0.00000121. The van der Waals surface area contributed by atoms with Gasteiger partial charge in [-0.2, -0.15) is 0 Å². The minimum Gasteiger partial charge on any atom is -0.330 e. The molecule has 0 aromatic rings. The summed E-state index contributed by atoms with van der Waals surface area (Å²) >= 11 is 0. The molecular formula is C11H17NO5. The van der Waals surface area contributed by atoms with Crippen molar-refractivity contribution in [3.8, 4) is 0 Å². The van der Waals surface area contributed by atoms with E-state index in [1.54, 1.807) is 0 Å². The molecule has 0 aliphatic carbocycles. The fourth-order valence-electron chi connectivity index (χ4n) is 1.08. The van der Waals surface area contributed by atoms with Gasteiger partial charge in [0.05, 0.1) is 6.42 Å². The number of nitrogens with zero attached hydrogens (tertiary/aromatic N) is 1. The maximum atomic E-state index is 11.1. The molecule has 1 saturated heterocycles. The number of hydroxylamine groups is 2. The van der Waals surface area contributed by atoms with Crippen molar-refractivity contribution in [3.63, 3.8) is 0 Å². The van der Waals surface area contributed by atoms with Crippen molar-refractivity contribution in [2.45, 2.75) is 46.5 Å². The third-order valence-corrected chi connectivity index (χ3v) is 1.88. The van der Waals surface area contributed by atoms with E-state index < -0.39 is 17.8 Å². The second-order valence-corrected chi connectivity index (χ2v) is 3.25. The molecule has 1 heterocycles. The van der Waals surface area contributed by atoms with Crippen LogP contribution >= 0.6 is 0 Å². The third kappa shape index (κ3) is 5.24. The first-order chi connectivity index (χ1) is 8.00. The molecular weight excluding hydrogens is 226 g/mol. The van der Waals surface area contributed by atoms with Crippen LogP contribution in [-0.4, -0.2) is 28.6 Å². The fourth-order valence-corrected chi connectivity index (χ4v) is 1.08. The van der Waals surface area contributed by atoms with Crippen LogP contribution in [0.5, 0.6) is 0 Å². The first kappa shape index (κ1) is 15.3. The molecule has 1 fully saturated rings. The first-order valence-corrected chi connectivity index (χ1v) is 5.56. The fraction of sp³-hybridized carbons (Fsp3) is 0.636. The highest BCUT2D eigenvalue weighted by Gasteiger charge is 2.32. The highest BCUT2D eigenvalue weighted by Crippen LogP contribution is 2.12. The highest BCUT2D eigenvalue weighted by molar-refractivity contribution is 6.01. The van der Waals surface area contributed by atoms with Gasteiger partial charge in [-0.25, -0.2) is 4.79 Å². The molecule has 0 spiro atoms. The van der Waals surface area contributed by atoms with Gasteiger partial charge in [-0.1, -0.05) is 13.8 Å². The number of hydrogen-bond acceptors (Lipinski definition) is 5. The van der Waals surface area contributed by atoms with E-state index >= 15 is 0 Å². The average molecular weight is 243 g/mol. The van der Waals surface area contributed by atoms with Crippen LogP contribution in [-0.2, 0) is 24.0 Å². The Hall–Kier alpha value is -1.72. The molecule has 0 radical (unpaired) electrons. The lowest BCUT2D eigenvalue weighted by atomic mass is 10.2. The Morgan fingerprint density at radius 3 is 2.00 bits per heavy atom. The molecule has 2 amide bonds. The number of hydrogen-bond donors (Lipinski definition) is 0. The van der Waals surface area contributed by atoms with E-state index in [2.05, 4.69) is 4.84 Å². The van der Waals surface area contributed by atoms with Crippen molar-refractivity contribution in [1.29, 1.82) is 0 Å². The van der Waals surface area contributed by atoms with Gasteiger partial charge in [0.1, 0.15) is 5.78 Å². The zero-order valence-electron chi connectivity index (χ0n) is 10.3. The second kappa shape index (κ2) is 7.54. The number of rotatable bonds is 4. The predicted molar refractivity (Wildman–Crippen MR) is 58.4 cm³/mol. The van der Waals surface area contributed by atoms with E-state index in [0.717, 1.165) is 0 Å². The number of imide groups is 1. The molecule has 17 heavy (non-hydrogen) atoms. The number of Topliss-reactive ketones (excluding diaryl/α,β-unsaturated/α-hetero) is 1. The SMILES string of the molecule is CC.CC(=O)CCC(=O)ON1C(=O)CCC1=O. The first-order valence-electron chi connectivity index (χ1n) is 5.56. The maximum Gasteiger partial charge on any atom is 0.333 e. The van der Waals surface area contributed by atoms with Gasteiger partial charge in [-0.3, -0.25) is 9.59 Å². The van der Waals surface area contributed by atoms with Gasteiger partial charge in [-0.15, -0.1) is 5.06 Å². The molecule has 6 nitrogen and oxygen atoms in total. The summed E-state index contributed by atoms with van der Waals surface area (Å²) in [4.78, 5) is 48.2. The van der Waals surface area contributed by atoms with Crippen LogP contribution in [0.3, 0.4) is 0 Å². The summed E-state index contributed by atoms with van der Waals surface area (Å²) in [6, 6.07) is 0. The van der Waals surface area contributed by atoms with Gasteiger partial charge >= 0.3 is 5.97 Å². The van der Waals surface area contributed by atoms with Crippen LogP contribution in [0.2, 0.25) is 0 Å². The molecule has 0 aromatic heterocycles. The van der Waals surface area contributed by atoms with Gasteiger partial charge in [0.15, 0.2) is 0 Å². The summed E-state index contributed by atoms with van der Waals surface area (Å²) in [5, 5.41) is 0.475. The third-order valence-electron chi connectivity index (χ3n) is 1.88. The minimum absolute atomic E-state index is 0.0506. The molecule has 1 aliphatic heterocycles. The van der Waals surface area contributed by atoms with Crippen LogP contribution in [0.25, 0.3) is 0 Å². The second-order valence-electron chi connectivity index (χ2n) is 3.25. The number of carbonyl (C=O) groups excluding carboxylic acids is 4. The van der Waals surface area contributed by atoms with E-state index in [4.69, 9.17) is 0 Å². The Kier molecular flexibility index (Phi) is 6.77. The summed E-state index contributed by atoms with van der Waals surface area (Å²) in [7, 11) is 0. The van der Waals surface area contributed by atoms with E-state index in [-0.39, 0.29) is 31.5 Å². The largest absolute Gasteiger partial charge is 0.333 e. The summed E-state index contributed by atoms with van der Waals surface area (Å²) in [6.45, 7) is 5.35. The molecule has 0 saturated carbocycles. The van der Waals surface area contributed by atoms with Crippen molar-refractivity contribution in [3.05, 3.63) is 0 Å². The quantitative estimate of drug-likeness (QED) is 0.688. The number of ketones is 1. The minimum atomic E-state index is -0.742. The monoisotopic (exact) mass is 243 g/mol. The normalized spacial score (nSPS) is 14.2. The van der Waals surface area contributed by atoms with E-state index in [1.165, 1.54) is 6.92 Å². The number of amides is 2. The lowest BCUT2D eigenvalue weighted by molar-refractivity contribution is -0.197. The zero-order valence-corrected chi connectivity index (χ0v) is 10.3. The average Bonchev–Trinajstić information content (AvgIpc) is 2.61. The molecule has 6 heteroatoms. The van der Waals surface area contributed by atoms with Gasteiger partial charge in [0.2, 0.25) is 0 Å². The summed E-state index contributed by atoms with van der Waals surface area (Å²) in [6.07, 6.45) is 0.0685. The predicted octanol–water partition coefficient (Wildman–Crippen LogP) is 0.989. The van der Waals surface area contributed by atoms with Crippen molar-refractivity contribution >= 4 is 23.6 Å². The molecule has 96 valence electrons. The molecule has 0 N–H and O–H groups in total. The lowest BCUT2D eigenvalue weighted by Crippen LogP contribution is -2.32. The van der Waals surface area contributed by atoms with Gasteiger partial charge in [-0.05, 0) is 6.92 Å². The molecule has 0 aromatic carbocycles. The molecule has 1 aliphatic rings. The summed E-state index contributed by atoms with van der Waals surface area (Å²) in [5.41, 5.74) is 0. The van der Waals surface area contributed by atoms with Crippen molar-refractivity contribution in [2.75, 3.05) is 0 Å². The van der Waals surface area contributed by atoms with Gasteiger partial charge < -0.3 is 9.63 Å². The van der Waals surface area contributed by atoms with E-state index in [0.29, 0.717) is 5.06 Å².